The molecule has 94 valence electrons. The van der Waals surface area contributed by atoms with Crippen molar-refractivity contribution in [1.29, 1.82) is 0 Å². The summed E-state index contributed by atoms with van der Waals surface area (Å²) < 4.78 is 5.62. The highest BCUT2D eigenvalue weighted by atomic mass is 16.5. The maximum atomic E-state index is 5.62. The van der Waals surface area contributed by atoms with Crippen LogP contribution >= 0.6 is 0 Å². The molecule has 1 aliphatic heterocycles. The zero-order valence-corrected chi connectivity index (χ0v) is 10.7. The maximum Gasteiger partial charge on any atom is 0.0674 e. The first-order chi connectivity index (χ1) is 7.79. The Hall–Kier alpha value is -0.120. The Bertz CT molecular complexity index is 208. The summed E-state index contributed by atoms with van der Waals surface area (Å²) in [5.74, 6) is 0. The lowest BCUT2D eigenvalue weighted by Crippen LogP contribution is -2.50. The number of nitrogens with zero attached hydrogens (tertiary/aromatic N) is 1. The molecule has 0 aromatic carbocycles. The molecule has 1 N–H and O–H groups in total. The van der Waals surface area contributed by atoms with E-state index in [1.54, 1.807) is 0 Å². The van der Waals surface area contributed by atoms with Crippen molar-refractivity contribution in [1.82, 2.24) is 10.2 Å². The summed E-state index contributed by atoms with van der Waals surface area (Å²) in [6.07, 6.45) is 5.89. The number of ether oxygens (including phenoxy) is 1. The third kappa shape index (κ3) is 3.19. The van der Waals surface area contributed by atoms with Crippen molar-refractivity contribution in [3.05, 3.63) is 0 Å². The van der Waals surface area contributed by atoms with Gasteiger partial charge >= 0.3 is 0 Å². The van der Waals surface area contributed by atoms with Gasteiger partial charge in [0.1, 0.15) is 0 Å². The molecule has 3 nitrogen and oxygen atoms in total. The number of rotatable bonds is 3. The summed E-state index contributed by atoms with van der Waals surface area (Å²) in [6, 6.07) is 1.55. The van der Waals surface area contributed by atoms with Gasteiger partial charge < -0.3 is 10.1 Å². The van der Waals surface area contributed by atoms with Crippen LogP contribution < -0.4 is 5.32 Å². The molecule has 0 aromatic heterocycles. The Balaban J connectivity index is 1.83. The average Bonchev–Trinajstić information content (AvgIpc) is 2.30. The smallest absolute Gasteiger partial charge is 0.0674 e. The lowest BCUT2D eigenvalue weighted by molar-refractivity contribution is -0.0410. The second kappa shape index (κ2) is 5.99. The standard InChI is InChI=1S/C13H26N2O/c1-3-14-12-5-4-6-13(9-12)15-7-8-16-11(2)10-15/h11-14H,3-10H2,1-2H3. The van der Waals surface area contributed by atoms with Crippen molar-refractivity contribution in [2.45, 2.75) is 57.7 Å². The number of hydrogen-bond donors (Lipinski definition) is 1. The van der Waals surface area contributed by atoms with E-state index in [2.05, 4.69) is 24.1 Å². The van der Waals surface area contributed by atoms with Crippen molar-refractivity contribution in [2.24, 2.45) is 0 Å². The summed E-state index contributed by atoms with van der Waals surface area (Å²) in [4.78, 5) is 2.65. The Labute approximate surface area is 99.5 Å². The Morgan fingerprint density at radius 3 is 3.00 bits per heavy atom. The van der Waals surface area contributed by atoms with E-state index in [0.29, 0.717) is 6.10 Å². The zero-order chi connectivity index (χ0) is 11.4. The molecule has 1 saturated carbocycles. The number of hydrogen-bond acceptors (Lipinski definition) is 3. The quantitative estimate of drug-likeness (QED) is 0.791. The van der Waals surface area contributed by atoms with E-state index < -0.39 is 0 Å². The number of morpholine rings is 1. The topological polar surface area (TPSA) is 24.5 Å². The van der Waals surface area contributed by atoms with E-state index in [0.717, 1.165) is 38.3 Å². The normalized spacial score (nSPS) is 37.5. The molecule has 2 fully saturated rings. The van der Waals surface area contributed by atoms with Crippen LogP contribution in [-0.2, 0) is 4.74 Å². The first kappa shape index (κ1) is 12.3. The highest BCUT2D eigenvalue weighted by Gasteiger charge is 2.28. The predicted octanol–water partition coefficient (Wildman–Crippen LogP) is 1.63. The fraction of sp³-hybridized carbons (Fsp3) is 1.00. The van der Waals surface area contributed by atoms with Gasteiger partial charge in [0.25, 0.3) is 0 Å². The van der Waals surface area contributed by atoms with Gasteiger partial charge in [-0.2, -0.15) is 0 Å². The van der Waals surface area contributed by atoms with Crippen LogP contribution in [0.25, 0.3) is 0 Å². The molecule has 0 radical (unpaired) electrons. The van der Waals surface area contributed by atoms with Crippen molar-refractivity contribution >= 4 is 0 Å². The molecular formula is C13H26N2O. The average molecular weight is 226 g/mol. The van der Waals surface area contributed by atoms with E-state index in [1.165, 1.54) is 25.7 Å². The molecule has 0 amide bonds. The summed E-state index contributed by atoms with van der Waals surface area (Å²) in [7, 11) is 0. The van der Waals surface area contributed by atoms with Gasteiger partial charge in [0.05, 0.1) is 12.7 Å². The monoisotopic (exact) mass is 226 g/mol. The zero-order valence-electron chi connectivity index (χ0n) is 10.7. The third-order valence-corrected chi connectivity index (χ3v) is 3.93. The SMILES string of the molecule is CCNC1CCCC(N2CCOC(C)C2)C1. The van der Waals surface area contributed by atoms with Crippen molar-refractivity contribution in [3.63, 3.8) is 0 Å². The first-order valence-corrected chi connectivity index (χ1v) is 6.88. The second-order valence-electron chi connectivity index (χ2n) is 5.25. The predicted molar refractivity (Wildman–Crippen MR) is 66.7 cm³/mol. The van der Waals surface area contributed by atoms with E-state index in [1.807, 2.05) is 0 Å². The summed E-state index contributed by atoms with van der Waals surface area (Å²) in [5.41, 5.74) is 0. The fourth-order valence-corrected chi connectivity index (χ4v) is 3.15. The summed E-state index contributed by atoms with van der Waals surface area (Å²) in [5, 5.41) is 3.61. The summed E-state index contributed by atoms with van der Waals surface area (Å²) >= 11 is 0. The summed E-state index contributed by atoms with van der Waals surface area (Å²) in [6.45, 7) is 8.69. The lowest BCUT2D eigenvalue weighted by Gasteiger charge is -2.41. The fourth-order valence-electron chi connectivity index (χ4n) is 3.15. The van der Waals surface area contributed by atoms with Crippen LogP contribution in [0, 0.1) is 0 Å². The van der Waals surface area contributed by atoms with Crippen LogP contribution in [0.3, 0.4) is 0 Å². The van der Waals surface area contributed by atoms with E-state index >= 15 is 0 Å². The first-order valence-electron chi connectivity index (χ1n) is 6.88. The Morgan fingerprint density at radius 1 is 1.38 bits per heavy atom. The number of nitrogens with one attached hydrogen (secondary N) is 1. The molecule has 1 heterocycles. The molecule has 0 aromatic rings. The molecule has 0 spiro atoms. The lowest BCUT2D eigenvalue weighted by atomic mass is 9.89. The van der Waals surface area contributed by atoms with Crippen LogP contribution in [0.4, 0.5) is 0 Å². The van der Waals surface area contributed by atoms with Gasteiger partial charge in [0.15, 0.2) is 0 Å². The minimum atomic E-state index is 0.424. The van der Waals surface area contributed by atoms with Crippen LogP contribution in [-0.4, -0.2) is 49.3 Å². The molecule has 3 unspecified atom stereocenters. The van der Waals surface area contributed by atoms with Gasteiger partial charge in [0, 0.05) is 25.2 Å². The van der Waals surface area contributed by atoms with Crippen LogP contribution in [0.5, 0.6) is 0 Å². The van der Waals surface area contributed by atoms with Crippen molar-refractivity contribution in [3.8, 4) is 0 Å². The van der Waals surface area contributed by atoms with Crippen LogP contribution in [0.1, 0.15) is 39.5 Å². The van der Waals surface area contributed by atoms with Gasteiger partial charge in [-0.3, -0.25) is 4.90 Å². The van der Waals surface area contributed by atoms with Crippen LogP contribution in [0.15, 0.2) is 0 Å². The van der Waals surface area contributed by atoms with Gasteiger partial charge in [-0.05, 0) is 32.7 Å². The molecule has 2 rings (SSSR count). The van der Waals surface area contributed by atoms with Gasteiger partial charge in [-0.1, -0.05) is 13.3 Å². The van der Waals surface area contributed by atoms with E-state index in [9.17, 15) is 0 Å². The van der Waals surface area contributed by atoms with E-state index in [-0.39, 0.29) is 0 Å². The van der Waals surface area contributed by atoms with Gasteiger partial charge in [-0.25, -0.2) is 0 Å². The largest absolute Gasteiger partial charge is 0.376 e. The highest BCUT2D eigenvalue weighted by molar-refractivity contribution is 4.85. The molecule has 1 saturated heterocycles. The Morgan fingerprint density at radius 2 is 2.25 bits per heavy atom. The minimum absolute atomic E-state index is 0.424. The second-order valence-corrected chi connectivity index (χ2v) is 5.25. The van der Waals surface area contributed by atoms with Crippen molar-refractivity contribution in [2.75, 3.05) is 26.2 Å². The molecule has 0 bridgehead atoms. The van der Waals surface area contributed by atoms with Crippen molar-refractivity contribution < 1.29 is 4.74 Å². The van der Waals surface area contributed by atoms with Gasteiger partial charge in [0.2, 0.25) is 0 Å². The minimum Gasteiger partial charge on any atom is -0.376 e. The molecule has 16 heavy (non-hydrogen) atoms. The van der Waals surface area contributed by atoms with Crippen LogP contribution in [0.2, 0.25) is 0 Å². The molecule has 3 atom stereocenters. The Kier molecular flexibility index (Phi) is 4.62. The highest BCUT2D eigenvalue weighted by Crippen LogP contribution is 2.24. The molecule has 1 aliphatic carbocycles. The third-order valence-electron chi connectivity index (χ3n) is 3.93. The maximum absolute atomic E-state index is 5.62. The molecular weight excluding hydrogens is 200 g/mol. The van der Waals surface area contributed by atoms with Gasteiger partial charge in [-0.15, -0.1) is 0 Å². The molecule has 3 heteroatoms. The molecule has 2 aliphatic rings. The van der Waals surface area contributed by atoms with E-state index in [4.69, 9.17) is 4.74 Å².